The number of carbonyl (C=O) groups excluding carboxylic acids is 2. The average Bonchev–Trinajstić information content (AvgIpc) is 2.76. The molecular weight excluding hydrogens is 386 g/mol. The Hall–Kier alpha value is -1.10. The van der Waals surface area contributed by atoms with Gasteiger partial charge in [0.25, 0.3) is 0 Å². The van der Waals surface area contributed by atoms with Gasteiger partial charge in [0, 0.05) is 50.6 Å². The second-order valence-corrected chi connectivity index (χ2v) is 11.6. The van der Waals surface area contributed by atoms with Gasteiger partial charge >= 0.3 is 0 Å². The molecule has 0 unspecified atom stereocenters. The fraction of sp³-hybridized carbons (Fsp3) is 0.923. The minimum Gasteiger partial charge on any atom is -0.342 e. The van der Waals surface area contributed by atoms with Crippen LogP contribution in [0.1, 0.15) is 85.5 Å². The van der Waals surface area contributed by atoms with Crippen LogP contribution in [0.4, 0.5) is 0 Å². The maximum Gasteiger partial charge on any atom is 0.227 e. The molecule has 1 saturated carbocycles. The molecule has 2 aliphatic heterocycles. The molecule has 0 aromatic rings. The van der Waals surface area contributed by atoms with E-state index in [1.807, 2.05) is 20.8 Å². The average molecular weight is 434 g/mol. The van der Waals surface area contributed by atoms with Crippen molar-refractivity contribution in [1.82, 2.24) is 14.7 Å². The van der Waals surface area contributed by atoms with E-state index in [1.165, 1.54) is 51.5 Å². The highest BCUT2D eigenvalue weighted by molar-refractivity contribution is 5.81. The normalized spacial score (nSPS) is 26.8. The van der Waals surface area contributed by atoms with Gasteiger partial charge in [-0.15, -0.1) is 0 Å². The Morgan fingerprint density at radius 1 is 0.774 bits per heavy atom. The summed E-state index contributed by atoms with van der Waals surface area (Å²) in [4.78, 5) is 32.0. The second kappa shape index (κ2) is 11.2. The standard InChI is InChI=1S/C26H47N3O2/c1-21-8-10-23(11-9-21)24(30)28-19-17-27(18-20-28)14-6-5-7-22-12-15-29(16-13-22)25(31)26(2,3)4/h21-23H,5-20H2,1-4H3. The number of likely N-dealkylation sites (tertiary alicyclic amines) is 1. The molecule has 0 bridgehead atoms. The lowest BCUT2D eigenvalue weighted by Gasteiger charge is -2.38. The molecule has 3 fully saturated rings. The van der Waals surface area contributed by atoms with E-state index in [0.717, 1.165) is 63.9 Å². The van der Waals surface area contributed by atoms with E-state index in [0.29, 0.717) is 17.7 Å². The lowest BCUT2D eigenvalue weighted by atomic mass is 9.82. The monoisotopic (exact) mass is 433 g/mol. The highest BCUT2D eigenvalue weighted by atomic mass is 16.2. The van der Waals surface area contributed by atoms with E-state index >= 15 is 0 Å². The molecule has 2 amide bonds. The third-order valence-corrected chi connectivity index (χ3v) is 7.93. The molecular formula is C26H47N3O2. The zero-order valence-corrected chi connectivity index (χ0v) is 20.7. The third kappa shape index (κ3) is 7.20. The van der Waals surface area contributed by atoms with E-state index in [1.54, 1.807) is 0 Å². The van der Waals surface area contributed by atoms with E-state index < -0.39 is 0 Å². The van der Waals surface area contributed by atoms with Crippen LogP contribution in [-0.2, 0) is 9.59 Å². The number of carbonyl (C=O) groups is 2. The molecule has 3 rings (SSSR count). The summed E-state index contributed by atoms with van der Waals surface area (Å²) >= 11 is 0. The predicted molar refractivity (Wildman–Crippen MR) is 127 cm³/mol. The van der Waals surface area contributed by atoms with Crippen molar-refractivity contribution in [3.8, 4) is 0 Å². The SMILES string of the molecule is CC1CCC(C(=O)N2CCN(CCCCC3CCN(C(=O)C(C)(C)C)CC3)CC2)CC1. The molecule has 0 atom stereocenters. The topological polar surface area (TPSA) is 43.9 Å². The minimum absolute atomic E-state index is 0.254. The van der Waals surface area contributed by atoms with Crippen molar-refractivity contribution >= 4 is 11.8 Å². The zero-order valence-electron chi connectivity index (χ0n) is 20.7. The number of rotatable bonds is 6. The summed E-state index contributed by atoms with van der Waals surface area (Å²) in [7, 11) is 0. The molecule has 0 radical (unpaired) electrons. The van der Waals surface area contributed by atoms with E-state index in [9.17, 15) is 9.59 Å². The van der Waals surface area contributed by atoms with Crippen LogP contribution in [0.25, 0.3) is 0 Å². The summed E-state index contributed by atoms with van der Waals surface area (Å²) in [5.74, 6) is 2.63. The number of hydrogen-bond acceptors (Lipinski definition) is 3. The predicted octanol–water partition coefficient (Wildman–Crippen LogP) is 4.41. The fourth-order valence-corrected chi connectivity index (χ4v) is 5.62. The van der Waals surface area contributed by atoms with Gasteiger partial charge in [0.15, 0.2) is 0 Å². The van der Waals surface area contributed by atoms with Crippen molar-refractivity contribution in [1.29, 1.82) is 0 Å². The first-order valence-electron chi connectivity index (χ1n) is 13.0. The smallest absolute Gasteiger partial charge is 0.227 e. The van der Waals surface area contributed by atoms with Gasteiger partial charge in [-0.1, -0.05) is 40.5 Å². The Balaban J connectivity index is 1.25. The molecule has 0 aromatic heterocycles. The fourth-order valence-electron chi connectivity index (χ4n) is 5.62. The highest BCUT2D eigenvalue weighted by Crippen LogP contribution is 2.30. The molecule has 178 valence electrons. The quantitative estimate of drug-likeness (QED) is 0.583. The first-order chi connectivity index (χ1) is 14.7. The minimum atomic E-state index is -0.254. The van der Waals surface area contributed by atoms with Gasteiger partial charge in [0.05, 0.1) is 0 Å². The highest BCUT2D eigenvalue weighted by Gasteiger charge is 2.31. The molecule has 5 heteroatoms. The van der Waals surface area contributed by atoms with Crippen LogP contribution in [-0.4, -0.2) is 72.3 Å². The van der Waals surface area contributed by atoms with Crippen LogP contribution in [0.2, 0.25) is 0 Å². The molecule has 3 aliphatic rings. The van der Waals surface area contributed by atoms with Gasteiger partial charge in [-0.3, -0.25) is 14.5 Å². The molecule has 0 aromatic carbocycles. The molecule has 31 heavy (non-hydrogen) atoms. The summed E-state index contributed by atoms with van der Waals surface area (Å²) in [6, 6.07) is 0. The molecule has 1 aliphatic carbocycles. The van der Waals surface area contributed by atoms with E-state index in [4.69, 9.17) is 0 Å². The van der Waals surface area contributed by atoms with Crippen LogP contribution in [0.3, 0.4) is 0 Å². The number of amides is 2. The van der Waals surface area contributed by atoms with Crippen LogP contribution < -0.4 is 0 Å². The molecule has 5 nitrogen and oxygen atoms in total. The number of unbranched alkanes of at least 4 members (excludes halogenated alkanes) is 1. The number of hydrogen-bond donors (Lipinski definition) is 0. The van der Waals surface area contributed by atoms with Crippen molar-refractivity contribution in [2.45, 2.75) is 85.5 Å². The van der Waals surface area contributed by atoms with Crippen molar-refractivity contribution in [2.24, 2.45) is 23.2 Å². The van der Waals surface area contributed by atoms with Gasteiger partial charge in [-0.2, -0.15) is 0 Å². The van der Waals surface area contributed by atoms with Crippen molar-refractivity contribution < 1.29 is 9.59 Å². The molecule has 0 spiro atoms. The summed E-state index contributed by atoms with van der Waals surface area (Å²) in [6.07, 6.45) is 10.8. The van der Waals surface area contributed by atoms with Crippen LogP contribution in [0, 0.1) is 23.2 Å². The second-order valence-electron chi connectivity index (χ2n) is 11.6. The van der Waals surface area contributed by atoms with E-state index in [-0.39, 0.29) is 5.41 Å². The van der Waals surface area contributed by atoms with Crippen LogP contribution in [0.5, 0.6) is 0 Å². The lowest BCUT2D eigenvalue weighted by molar-refractivity contribution is -0.141. The first-order valence-corrected chi connectivity index (χ1v) is 13.0. The number of piperidine rings is 1. The van der Waals surface area contributed by atoms with E-state index in [2.05, 4.69) is 21.6 Å². The maximum atomic E-state index is 12.8. The van der Waals surface area contributed by atoms with Gasteiger partial charge in [0.1, 0.15) is 0 Å². The summed E-state index contributed by atoms with van der Waals surface area (Å²) in [5, 5.41) is 0. The molecule has 0 N–H and O–H groups in total. The Labute approximate surface area is 190 Å². The Kier molecular flexibility index (Phi) is 8.83. The summed E-state index contributed by atoms with van der Waals surface area (Å²) < 4.78 is 0. The molecule has 2 heterocycles. The Morgan fingerprint density at radius 3 is 1.97 bits per heavy atom. The number of piperazine rings is 1. The van der Waals surface area contributed by atoms with Gasteiger partial charge in [0.2, 0.25) is 11.8 Å². The van der Waals surface area contributed by atoms with Crippen LogP contribution >= 0.6 is 0 Å². The van der Waals surface area contributed by atoms with Gasteiger partial charge < -0.3 is 9.80 Å². The largest absolute Gasteiger partial charge is 0.342 e. The van der Waals surface area contributed by atoms with Crippen molar-refractivity contribution in [3.05, 3.63) is 0 Å². The lowest BCUT2D eigenvalue weighted by Crippen LogP contribution is -2.50. The van der Waals surface area contributed by atoms with Crippen molar-refractivity contribution in [3.63, 3.8) is 0 Å². The number of nitrogens with zero attached hydrogens (tertiary/aromatic N) is 3. The first kappa shape index (κ1) is 24.5. The third-order valence-electron chi connectivity index (χ3n) is 7.93. The van der Waals surface area contributed by atoms with Gasteiger partial charge in [-0.05, 0) is 63.3 Å². The maximum absolute atomic E-state index is 12.8. The summed E-state index contributed by atoms with van der Waals surface area (Å²) in [5.41, 5.74) is -0.254. The van der Waals surface area contributed by atoms with Gasteiger partial charge in [-0.25, -0.2) is 0 Å². The zero-order chi connectivity index (χ0) is 22.4. The Bertz CT molecular complexity index is 576. The Morgan fingerprint density at radius 2 is 1.39 bits per heavy atom. The molecule has 2 saturated heterocycles. The van der Waals surface area contributed by atoms with Crippen molar-refractivity contribution in [2.75, 3.05) is 45.8 Å². The van der Waals surface area contributed by atoms with Crippen LogP contribution in [0.15, 0.2) is 0 Å². The summed E-state index contributed by atoms with van der Waals surface area (Å²) in [6.45, 7) is 15.4.